The average molecular weight is 311 g/mol. The molecule has 0 aromatic carbocycles. The number of nitrogens with zero attached hydrogens (tertiary/aromatic N) is 2. The molecular weight excluding hydrogens is 290 g/mol. The Bertz CT molecular complexity index is 526. The van der Waals surface area contributed by atoms with Gasteiger partial charge in [0, 0.05) is 23.8 Å². The molecule has 2 heterocycles. The molecular formula is C14H21N3O3S. The minimum atomic E-state index is -0.522. The summed E-state index contributed by atoms with van der Waals surface area (Å²) in [5, 5.41) is 3.11. The molecule has 0 spiro atoms. The summed E-state index contributed by atoms with van der Waals surface area (Å²) in [6.07, 6.45) is 1.96. The lowest BCUT2D eigenvalue weighted by atomic mass is 10.0. The van der Waals surface area contributed by atoms with E-state index in [1.54, 1.807) is 0 Å². The normalized spacial score (nSPS) is 14.0. The van der Waals surface area contributed by atoms with Gasteiger partial charge in [-0.05, 0) is 12.8 Å². The van der Waals surface area contributed by atoms with Gasteiger partial charge >= 0.3 is 6.09 Å². The molecule has 2 rings (SSSR count). The van der Waals surface area contributed by atoms with E-state index in [1.807, 2.05) is 18.7 Å². The van der Waals surface area contributed by atoms with Gasteiger partial charge in [0.05, 0.1) is 19.3 Å². The standard InChI is InChI=1S/C14H21N3O3S/c1-4-9(5-2)12(18)17-7-6-10-11(8-17)21-13(15-10)16-14(19)20-3/h9H,4-8H2,1-3H3,(H,15,16,19). The van der Waals surface area contributed by atoms with Gasteiger partial charge in [-0.3, -0.25) is 10.1 Å². The fourth-order valence-corrected chi connectivity index (χ4v) is 3.48. The molecule has 1 aliphatic rings. The number of ether oxygens (including phenoxy) is 1. The Balaban J connectivity index is 2.06. The number of anilines is 1. The molecule has 2 amide bonds. The fraction of sp³-hybridized carbons (Fsp3) is 0.643. The first kappa shape index (κ1) is 15.8. The van der Waals surface area contributed by atoms with E-state index in [9.17, 15) is 9.59 Å². The van der Waals surface area contributed by atoms with E-state index in [0.29, 0.717) is 18.2 Å². The number of hydrogen-bond acceptors (Lipinski definition) is 5. The summed E-state index contributed by atoms with van der Waals surface area (Å²) < 4.78 is 4.56. The Kier molecular flexibility index (Phi) is 5.17. The highest BCUT2D eigenvalue weighted by atomic mass is 32.1. The second-order valence-electron chi connectivity index (χ2n) is 5.03. The summed E-state index contributed by atoms with van der Waals surface area (Å²) in [6.45, 7) is 5.38. The molecule has 7 heteroatoms. The number of nitrogens with one attached hydrogen (secondary N) is 1. The second kappa shape index (κ2) is 6.89. The molecule has 0 radical (unpaired) electrons. The van der Waals surface area contributed by atoms with Crippen LogP contribution in [0.4, 0.5) is 9.93 Å². The van der Waals surface area contributed by atoms with Crippen LogP contribution >= 0.6 is 11.3 Å². The third kappa shape index (κ3) is 3.53. The van der Waals surface area contributed by atoms with Crippen molar-refractivity contribution < 1.29 is 14.3 Å². The van der Waals surface area contributed by atoms with Gasteiger partial charge in [-0.15, -0.1) is 0 Å². The van der Waals surface area contributed by atoms with E-state index in [0.717, 1.165) is 29.8 Å². The topological polar surface area (TPSA) is 71.5 Å². The Morgan fingerprint density at radius 1 is 1.43 bits per heavy atom. The molecule has 1 aliphatic heterocycles. The fourth-order valence-electron chi connectivity index (χ4n) is 2.47. The number of carbonyl (C=O) groups is 2. The quantitative estimate of drug-likeness (QED) is 0.928. The average Bonchev–Trinajstić information content (AvgIpc) is 2.89. The van der Waals surface area contributed by atoms with Crippen LogP contribution in [0.25, 0.3) is 0 Å². The minimum Gasteiger partial charge on any atom is -0.453 e. The van der Waals surface area contributed by atoms with Crippen LogP contribution in [0.1, 0.15) is 37.3 Å². The molecule has 21 heavy (non-hydrogen) atoms. The highest BCUT2D eigenvalue weighted by molar-refractivity contribution is 7.15. The maximum absolute atomic E-state index is 12.4. The van der Waals surface area contributed by atoms with E-state index < -0.39 is 6.09 Å². The number of aromatic nitrogens is 1. The van der Waals surface area contributed by atoms with E-state index in [4.69, 9.17) is 0 Å². The zero-order chi connectivity index (χ0) is 15.4. The zero-order valence-corrected chi connectivity index (χ0v) is 13.5. The predicted octanol–water partition coefficient (Wildman–Crippen LogP) is 2.64. The number of amides is 2. The van der Waals surface area contributed by atoms with Gasteiger partial charge in [0.2, 0.25) is 5.91 Å². The van der Waals surface area contributed by atoms with Crippen molar-refractivity contribution in [1.29, 1.82) is 0 Å². The summed E-state index contributed by atoms with van der Waals surface area (Å²) in [5.41, 5.74) is 0.972. The van der Waals surface area contributed by atoms with E-state index >= 15 is 0 Å². The molecule has 0 unspecified atom stereocenters. The number of fused-ring (bicyclic) bond motifs is 1. The van der Waals surface area contributed by atoms with Gasteiger partial charge in [-0.1, -0.05) is 25.2 Å². The Morgan fingerprint density at radius 2 is 2.14 bits per heavy atom. The second-order valence-corrected chi connectivity index (χ2v) is 6.11. The SMILES string of the molecule is CCC(CC)C(=O)N1CCc2nc(NC(=O)OC)sc2C1. The number of methoxy groups -OCH3 is 1. The first-order valence-corrected chi connectivity index (χ1v) is 8.03. The third-order valence-electron chi connectivity index (χ3n) is 3.77. The maximum atomic E-state index is 12.4. The highest BCUT2D eigenvalue weighted by Gasteiger charge is 2.27. The molecule has 1 N–H and O–H groups in total. The minimum absolute atomic E-state index is 0.104. The summed E-state index contributed by atoms with van der Waals surface area (Å²) >= 11 is 1.41. The van der Waals surface area contributed by atoms with Crippen molar-refractivity contribution in [3.63, 3.8) is 0 Å². The predicted molar refractivity (Wildman–Crippen MR) is 81.3 cm³/mol. The number of rotatable bonds is 4. The van der Waals surface area contributed by atoms with Crippen molar-refractivity contribution in [3.8, 4) is 0 Å². The first-order chi connectivity index (χ1) is 10.1. The van der Waals surface area contributed by atoms with Crippen LogP contribution in [0.5, 0.6) is 0 Å². The largest absolute Gasteiger partial charge is 0.453 e. The Hall–Kier alpha value is -1.63. The first-order valence-electron chi connectivity index (χ1n) is 7.21. The molecule has 0 aliphatic carbocycles. The number of thiazole rings is 1. The van der Waals surface area contributed by atoms with Gasteiger partial charge < -0.3 is 9.64 Å². The summed E-state index contributed by atoms with van der Waals surface area (Å²) in [7, 11) is 1.32. The molecule has 1 aromatic heterocycles. The van der Waals surface area contributed by atoms with Crippen LogP contribution in [0.15, 0.2) is 0 Å². The van der Waals surface area contributed by atoms with Gasteiger partial charge in [0.15, 0.2) is 5.13 Å². The van der Waals surface area contributed by atoms with Crippen molar-refractivity contribution in [2.24, 2.45) is 5.92 Å². The van der Waals surface area contributed by atoms with Crippen LogP contribution < -0.4 is 5.32 Å². The lowest BCUT2D eigenvalue weighted by Crippen LogP contribution is -2.39. The summed E-state index contributed by atoms with van der Waals surface area (Å²) in [4.78, 5) is 31.0. The van der Waals surface area contributed by atoms with Crippen molar-refractivity contribution in [3.05, 3.63) is 10.6 Å². The van der Waals surface area contributed by atoms with Gasteiger partial charge in [0.1, 0.15) is 0 Å². The molecule has 1 aromatic rings. The van der Waals surface area contributed by atoms with Crippen LogP contribution in [0.3, 0.4) is 0 Å². The lowest BCUT2D eigenvalue weighted by molar-refractivity contribution is -0.136. The summed E-state index contributed by atoms with van der Waals surface area (Å²) in [5.74, 6) is 0.327. The molecule has 116 valence electrons. The number of hydrogen-bond donors (Lipinski definition) is 1. The van der Waals surface area contributed by atoms with E-state index in [1.165, 1.54) is 18.4 Å². The molecule has 0 saturated heterocycles. The van der Waals surface area contributed by atoms with Crippen LogP contribution in [0.2, 0.25) is 0 Å². The van der Waals surface area contributed by atoms with Crippen molar-refractivity contribution in [2.75, 3.05) is 19.0 Å². The smallest absolute Gasteiger partial charge is 0.413 e. The highest BCUT2D eigenvalue weighted by Crippen LogP contribution is 2.29. The molecule has 0 bridgehead atoms. The molecule has 0 atom stereocenters. The zero-order valence-electron chi connectivity index (χ0n) is 12.6. The van der Waals surface area contributed by atoms with Gasteiger partial charge in [-0.2, -0.15) is 0 Å². The van der Waals surface area contributed by atoms with Crippen molar-refractivity contribution in [2.45, 2.75) is 39.7 Å². The Labute approximate surface area is 128 Å². The van der Waals surface area contributed by atoms with Crippen LogP contribution in [-0.4, -0.2) is 35.5 Å². The number of carbonyl (C=O) groups excluding carboxylic acids is 2. The van der Waals surface area contributed by atoms with E-state index in [-0.39, 0.29) is 11.8 Å². The lowest BCUT2D eigenvalue weighted by Gasteiger charge is -2.29. The van der Waals surface area contributed by atoms with Gasteiger partial charge in [0.25, 0.3) is 0 Å². The van der Waals surface area contributed by atoms with Gasteiger partial charge in [-0.25, -0.2) is 9.78 Å². The molecule has 6 nitrogen and oxygen atoms in total. The van der Waals surface area contributed by atoms with E-state index in [2.05, 4.69) is 15.0 Å². The third-order valence-corrected chi connectivity index (χ3v) is 4.77. The Morgan fingerprint density at radius 3 is 2.76 bits per heavy atom. The van der Waals surface area contributed by atoms with Crippen molar-refractivity contribution in [1.82, 2.24) is 9.88 Å². The molecule has 0 fully saturated rings. The molecule has 0 saturated carbocycles. The maximum Gasteiger partial charge on any atom is 0.413 e. The summed E-state index contributed by atoms with van der Waals surface area (Å²) in [6, 6.07) is 0. The monoisotopic (exact) mass is 311 g/mol. The van der Waals surface area contributed by atoms with Crippen LogP contribution in [0, 0.1) is 5.92 Å². The van der Waals surface area contributed by atoms with Crippen molar-refractivity contribution >= 4 is 28.5 Å². The van der Waals surface area contributed by atoms with Crippen LogP contribution in [-0.2, 0) is 22.5 Å².